The molecule has 0 radical (unpaired) electrons. The Bertz CT molecular complexity index is 145. The van der Waals surface area contributed by atoms with E-state index in [1.54, 1.807) is 0 Å². The van der Waals surface area contributed by atoms with Crippen LogP contribution in [0.4, 0.5) is 0 Å². The highest BCUT2D eigenvalue weighted by Crippen LogP contribution is 2.10. The van der Waals surface area contributed by atoms with Gasteiger partial charge in [-0.15, -0.1) is 0 Å². The molecule has 3 nitrogen and oxygen atoms in total. The topological polar surface area (TPSA) is 31.0 Å². The third-order valence-corrected chi connectivity index (χ3v) is 5.61. The lowest BCUT2D eigenvalue weighted by Crippen LogP contribution is -2.18. The molecule has 0 aromatic rings. The molecule has 2 atom stereocenters. The SMILES string of the molecule is CCC[SiH](CCCOCC1CO1)OCC. The first kappa shape index (κ1) is 13.2. The third kappa shape index (κ3) is 7.06. The van der Waals surface area contributed by atoms with Crippen molar-refractivity contribution in [1.29, 1.82) is 0 Å². The van der Waals surface area contributed by atoms with Crippen LogP contribution in [0.15, 0.2) is 0 Å². The molecule has 4 heteroatoms. The van der Waals surface area contributed by atoms with Crippen molar-refractivity contribution >= 4 is 9.04 Å². The van der Waals surface area contributed by atoms with Crippen LogP contribution in [0.25, 0.3) is 0 Å². The molecule has 0 aromatic heterocycles. The van der Waals surface area contributed by atoms with Gasteiger partial charge in [-0.2, -0.15) is 0 Å². The summed E-state index contributed by atoms with van der Waals surface area (Å²) in [6.07, 6.45) is 2.82. The molecule has 0 spiro atoms. The van der Waals surface area contributed by atoms with Crippen molar-refractivity contribution in [2.24, 2.45) is 0 Å². The average Bonchev–Trinajstić information content (AvgIpc) is 3.02. The number of rotatable bonds is 10. The van der Waals surface area contributed by atoms with Gasteiger partial charge in [-0.25, -0.2) is 0 Å². The number of hydrogen-bond acceptors (Lipinski definition) is 3. The van der Waals surface area contributed by atoms with Crippen LogP contribution in [0.5, 0.6) is 0 Å². The Morgan fingerprint density at radius 3 is 2.73 bits per heavy atom. The van der Waals surface area contributed by atoms with Crippen LogP contribution in [0.2, 0.25) is 12.1 Å². The van der Waals surface area contributed by atoms with E-state index in [1.165, 1.54) is 18.5 Å². The molecule has 15 heavy (non-hydrogen) atoms. The normalized spacial score (nSPS) is 21.6. The molecule has 0 saturated carbocycles. The minimum absolute atomic E-state index is 0.403. The molecular formula is C11H24O3Si. The molecule has 0 N–H and O–H groups in total. The molecule has 0 amide bonds. The Morgan fingerprint density at radius 1 is 1.33 bits per heavy atom. The highest BCUT2D eigenvalue weighted by atomic mass is 28.3. The Morgan fingerprint density at radius 2 is 2.13 bits per heavy atom. The van der Waals surface area contributed by atoms with Gasteiger partial charge in [0.25, 0.3) is 0 Å². The number of ether oxygens (including phenoxy) is 2. The minimum atomic E-state index is -0.897. The van der Waals surface area contributed by atoms with Gasteiger partial charge in [0, 0.05) is 13.2 Å². The summed E-state index contributed by atoms with van der Waals surface area (Å²) in [5, 5.41) is 0. The maximum atomic E-state index is 5.78. The van der Waals surface area contributed by atoms with E-state index in [-0.39, 0.29) is 0 Å². The van der Waals surface area contributed by atoms with Crippen LogP contribution in [0.1, 0.15) is 26.7 Å². The molecule has 0 aliphatic carbocycles. The molecule has 1 aliphatic rings. The van der Waals surface area contributed by atoms with Gasteiger partial charge in [0.05, 0.1) is 13.2 Å². The van der Waals surface area contributed by atoms with Crippen LogP contribution in [0.3, 0.4) is 0 Å². The zero-order valence-electron chi connectivity index (χ0n) is 10.0. The van der Waals surface area contributed by atoms with Gasteiger partial charge in [-0.05, 0) is 25.4 Å². The van der Waals surface area contributed by atoms with Crippen LogP contribution in [-0.2, 0) is 13.9 Å². The van der Waals surface area contributed by atoms with E-state index >= 15 is 0 Å². The summed E-state index contributed by atoms with van der Waals surface area (Å²) >= 11 is 0. The molecule has 1 aliphatic heterocycles. The van der Waals surface area contributed by atoms with Gasteiger partial charge in [0.2, 0.25) is 0 Å². The fraction of sp³-hybridized carbons (Fsp3) is 1.00. The first-order valence-corrected chi connectivity index (χ1v) is 8.28. The van der Waals surface area contributed by atoms with E-state index in [0.29, 0.717) is 6.10 Å². The summed E-state index contributed by atoms with van der Waals surface area (Å²) in [5.74, 6) is 0. The molecule has 90 valence electrons. The second-order valence-electron chi connectivity index (χ2n) is 4.04. The van der Waals surface area contributed by atoms with E-state index in [4.69, 9.17) is 13.9 Å². The molecule has 1 saturated heterocycles. The zero-order chi connectivity index (χ0) is 10.9. The van der Waals surface area contributed by atoms with Crippen LogP contribution in [0, 0.1) is 0 Å². The van der Waals surface area contributed by atoms with Gasteiger partial charge >= 0.3 is 0 Å². The summed E-state index contributed by atoms with van der Waals surface area (Å²) in [6, 6.07) is 2.56. The third-order valence-electron chi connectivity index (χ3n) is 2.53. The van der Waals surface area contributed by atoms with Gasteiger partial charge in [-0.1, -0.05) is 13.3 Å². The maximum absolute atomic E-state index is 5.78. The van der Waals surface area contributed by atoms with Crippen molar-refractivity contribution in [1.82, 2.24) is 0 Å². The largest absolute Gasteiger partial charge is 0.420 e. The van der Waals surface area contributed by atoms with Gasteiger partial charge in [0.1, 0.15) is 6.10 Å². The van der Waals surface area contributed by atoms with E-state index in [0.717, 1.165) is 32.8 Å². The lowest BCUT2D eigenvalue weighted by molar-refractivity contribution is 0.116. The lowest BCUT2D eigenvalue weighted by atomic mass is 10.5. The number of hydrogen-bond donors (Lipinski definition) is 0. The quantitative estimate of drug-likeness (QED) is 0.328. The van der Waals surface area contributed by atoms with E-state index in [1.807, 2.05) is 0 Å². The highest BCUT2D eigenvalue weighted by molar-refractivity contribution is 6.51. The Kier molecular flexibility index (Phi) is 7.26. The van der Waals surface area contributed by atoms with Crippen LogP contribution in [-0.4, -0.2) is 41.6 Å². The van der Waals surface area contributed by atoms with Crippen LogP contribution < -0.4 is 0 Å². The fourth-order valence-electron chi connectivity index (χ4n) is 1.66. The van der Waals surface area contributed by atoms with Crippen molar-refractivity contribution < 1.29 is 13.9 Å². The minimum Gasteiger partial charge on any atom is -0.420 e. The van der Waals surface area contributed by atoms with Gasteiger partial charge in [-0.3, -0.25) is 0 Å². The van der Waals surface area contributed by atoms with E-state index in [9.17, 15) is 0 Å². The zero-order valence-corrected chi connectivity index (χ0v) is 11.2. The molecule has 0 aromatic carbocycles. The monoisotopic (exact) mass is 232 g/mol. The summed E-state index contributed by atoms with van der Waals surface area (Å²) < 4.78 is 16.4. The van der Waals surface area contributed by atoms with Gasteiger partial charge < -0.3 is 13.9 Å². The van der Waals surface area contributed by atoms with E-state index < -0.39 is 9.04 Å². The fourth-order valence-corrected chi connectivity index (χ4v) is 4.02. The second kappa shape index (κ2) is 8.27. The van der Waals surface area contributed by atoms with Crippen LogP contribution >= 0.6 is 0 Å². The summed E-state index contributed by atoms with van der Waals surface area (Å²) in [7, 11) is -0.897. The highest BCUT2D eigenvalue weighted by Gasteiger charge is 2.22. The predicted molar refractivity (Wildman–Crippen MR) is 63.9 cm³/mol. The van der Waals surface area contributed by atoms with Crippen molar-refractivity contribution in [3.05, 3.63) is 0 Å². The van der Waals surface area contributed by atoms with Gasteiger partial charge in [0.15, 0.2) is 9.04 Å². The smallest absolute Gasteiger partial charge is 0.176 e. The van der Waals surface area contributed by atoms with Crippen molar-refractivity contribution in [2.45, 2.75) is 44.9 Å². The second-order valence-corrected chi connectivity index (χ2v) is 6.77. The first-order chi connectivity index (χ1) is 7.36. The standard InChI is InChI=1S/C11H24O3Si/c1-3-7-15(14-4-2)8-5-6-12-9-11-10-13-11/h11,15H,3-10H2,1-2H3. The molecule has 1 heterocycles. The summed E-state index contributed by atoms with van der Waals surface area (Å²) in [6.45, 7) is 7.77. The van der Waals surface area contributed by atoms with Crippen molar-refractivity contribution in [2.75, 3.05) is 26.4 Å². The predicted octanol–water partition coefficient (Wildman–Crippen LogP) is 1.96. The molecule has 2 unspecified atom stereocenters. The maximum Gasteiger partial charge on any atom is 0.176 e. The molecule has 1 fully saturated rings. The Balaban J connectivity index is 1.89. The molecule has 1 rings (SSSR count). The van der Waals surface area contributed by atoms with E-state index in [2.05, 4.69) is 13.8 Å². The van der Waals surface area contributed by atoms with Crippen molar-refractivity contribution in [3.63, 3.8) is 0 Å². The Hall–Kier alpha value is 0.0969. The molecular weight excluding hydrogens is 208 g/mol. The lowest BCUT2D eigenvalue weighted by Gasteiger charge is -2.13. The Labute approximate surface area is 94.8 Å². The first-order valence-electron chi connectivity index (χ1n) is 6.17. The molecule has 0 bridgehead atoms. The number of epoxide rings is 1. The summed E-state index contributed by atoms with van der Waals surface area (Å²) in [5.41, 5.74) is 0. The summed E-state index contributed by atoms with van der Waals surface area (Å²) in [4.78, 5) is 0. The average molecular weight is 232 g/mol. The van der Waals surface area contributed by atoms with Crippen molar-refractivity contribution in [3.8, 4) is 0 Å².